The molecular weight excluding hydrogens is 318 g/mol. The number of carbonyl (C=O) groups is 1. The average Bonchev–Trinajstić information content (AvgIpc) is 3.14. The molecule has 0 radical (unpaired) electrons. The van der Waals surface area contributed by atoms with Crippen molar-refractivity contribution in [2.45, 2.75) is 26.3 Å². The summed E-state index contributed by atoms with van der Waals surface area (Å²) in [5.74, 6) is -0.220. The highest BCUT2D eigenvalue weighted by Crippen LogP contribution is 2.15. The van der Waals surface area contributed by atoms with Gasteiger partial charge in [0.25, 0.3) is 5.56 Å². The zero-order chi connectivity index (χ0) is 16.4. The molecule has 0 aliphatic carbocycles. The van der Waals surface area contributed by atoms with Crippen LogP contribution in [0.2, 0.25) is 0 Å². The van der Waals surface area contributed by atoms with E-state index in [0.29, 0.717) is 16.2 Å². The molecule has 1 amide bonds. The van der Waals surface area contributed by atoms with Crippen molar-refractivity contribution in [2.24, 2.45) is 7.05 Å². The topological polar surface area (TPSA) is 108 Å². The maximum atomic E-state index is 12.3. The van der Waals surface area contributed by atoms with Crippen LogP contribution in [-0.2, 0) is 24.8 Å². The summed E-state index contributed by atoms with van der Waals surface area (Å²) in [6.45, 7) is 2.21. The molecule has 10 heteroatoms. The number of aryl methyl sites for hydroxylation is 3. The van der Waals surface area contributed by atoms with Gasteiger partial charge in [-0.3, -0.25) is 18.8 Å². The lowest BCUT2D eigenvalue weighted by Gasteiger charge is -2.05. The molecule has 0 aliphatic heterocycles. The minimum atomic E-state index is -0.220. The molecule has 3 aromatic rings. The van der Waals surface area contributed by atoms with Crippen molar-refractivity contribution in [3.63, 3.8) is 0 Å². The van der Waals surface area contributed by atoms with Crippen LogP contribution in [0.3, 0.4) is 0 Å². The highest BCUT2D eigenvalue weighted by molar-refractivity contribution is 7.15. The second-order valence-corrected chi connectivity index (χ2v) is 5.96. The van der Waals surface area contributed by atoms with Crippen molar-refractivity contribution in [1.82, 2.24) is 29.5 Å². The highest BCUT2D eigenvalue weighted by atomic mass is 32.1. The molecule has 3 aromatic heterocycles. The molecule has 9 nitrogen and oxygen atoms in total. The molecule has 3 heterocycles. The average molecular weight is 333 g/mol. The van der Waals surface area contributed by atoms with Gasteiger partial charge in [0.15, 0.2) is 5.65 Å². The van der Waals surface area contributed by atoms with Gasteiger partial charge in [0, 0.05) is 20.0 Å². The van der Waals surface area contributed by atoms with E-state index in [-0.39, 0.29) is 24.4 Å². The van der Waals surface area contributed by atoms with Crippen LogP contribution in [0.4, 0.5) is 5.13 Å². The van der Waals surface area contributed by atoms with Crippen LogP contribution < -0.4 is 10.9 Å². The lowest BCUT2D eigenvalue weighted by Crippen LogP contribution is -2.23. The molecule has 0 unspecified atom stereocenters. The summed E-state index contributed by atoms with van der Waals surface area (Å²) >= 11 is 1.34. The zero-order valence-corrected chi connectivity index (χ0v) is 13.5. The number of nitrogens with zero attached hydrogens (tertiary/aromatic N) is 6. The lowest BCUT2D eigenvalue weighted by molar-refractivity contribution is -0.116. The van der Waals surface area contributed by atoms with Crippen LogP contribution >= 0.6 is 11.3 Å². The minimum Gasteiger partial charge on any atom is -0.300 e. The first kappa shape index (κ1) is 15.3. The van der Waals surface area contributed by atoms with Crippen molar-refractivity contribution in [1.29, 1.82) is 0 Å². The van der Waals surface area contributed by atoms with Crippen molar-refractivity contribution < 1.29 is 4.79 Å². The summed E-state index contributed by atoms with van der Waals surface area (Å²) < 4.78 is 2.94. The van der Waals surface area contributed by atoms with Gasteiger partial charge in [-0.2, -0.15) is 5.10 Å². The SMILES string of the molecule is CCc1nnc(NC(=O)CCn2cnc3c(cnn3C)c2=O)s1. The van der Waals surface area contributed by atoms with Crippen LogP contribution in [0.5, 0.6) is 0 Å². The molecule has 3 rings (SSSR count). The van der Waals surface area contributed by atoms with E-state index in [1.807, 2.05) is 6.92 Å². The summed E-state index contributed by atoms with van der Waals surface area (Å²) in [4.78, 5) is 28.4. The summed E-state index contributed by atoms with van der Waals surface area (Å²) in [7, 11) is 1.72. The molecule has 0 saturated heterocycles. The Kier molecular flexibility index (Phi) is 4.15. The van der Waals surface area contributed by atoms with Gasteiger partial charge in [0.1, 0.15) is 10.4 Å². The second kappa shape index (κ2) is 6.24. The van der Waals surface area contributed by atoms with E-state index in [0.717, 1.165) is 11.4 Å². The first-order valence-corrected chi connectivity index (χ1v) is 7.89. The first-order valence-electron chi connectivity index (χ1n) is 7.08. The third kappa shape index (κ3) is 3.11. The molecule has 120 valence electrons. The summed E-state index contributed by atoms with van der Waals surface area (Å²) in [6.07, 6.45) is 3.84. The van der Waals surface area contributed by atoms with Gasteiger partial charge >= 0.3 is 0 Å². The van der Waals surface area contributed by atoms with Crippen LogP contribution in [-0.4, -0.2) is 35.4 Å². The standard InChI is InChI=1S/C13H15N7O2S/c1-3-10-17-18-13(23-10)16-9(21)4-5-20-7-14-11-8(12(20)22)6-15-19(11)2/h6-7H,3-5H2,1-2H3,(H,16,18,21). The van der Waals surface area contributed by atoms with Crippen LogP contribution in [0, 0.1) is 0 Å². The van der Waals surface area contributed by atoms with E-state index >= 15 is 0 Å². The molecule has 23 heavy (non-hydrogen) atoms. The Morgan fingerprint density at radius 1 is 1.39 bits per heavy atom. The molecule has 0 atom stereocenters. The summed E-state index contributed by atoms with van der Waals surface area (Å²) in [5, 5.41) is 16.3. The maximum Gasteiger partial charge on any atom is 0.264 e. The van der Waals surface area contributed by atoms with Crippen molar-refractivity contribution in [2.75, 3.05) is 5.32 Å². The number of carbonyl (C=O) groups excluding carboxylic acids is 1. The van der Waals surface area contributed by atoms with Crippen LogP contribution in [0.15, 0.2) is 17.3 Å². The molecule has 1 N–H and O–H groups in total. The maximum absolute atomic E-state index is 12.3. The van der Waals surface area contributed by atoms with Crippen molar-refractivity contribution in [3.05, 3.63) is 27.9 Å². The van der Waals surface area contributed by atoms with Crippen molar-refractivity contribution >= 4 is 33.4 Å². The van der Waals surface area contributed by atoms with Gasteiger partial charge in [-0.1, -0.05) is 18.3 Å². The molecule has 0 spiro atoms. The third-order valence-corrected chi connectivity index (χ3v) is 4.30. The Bertz CT molecular complexity index is 911. The fourth-order valence-corrected chi connectivity index (χ4v) is 2.77. The number of amides is 1. The summed E-state index contributed by atoms with van der Waals surface area (Å²) in [6, 6.07) is 0. The zero-order valence-electron chi connectivity index (χ0n) is 12.7. The number of hydrogen-bond donors (Lipinski definition) is 1. The van der Waals surface area contributed by atoms with Gasteiger partial charge < -0.3 is 5.32 Å². The van der Waals surface area contributed by atoms with E-state index in [1.165, 1.54) is 33.1 Å². The monoisotopic (exact) mass is 333 g/mol. The Labute approximate surface area is 135 Å². The predicted molar refractivity (Wildman–Crippen MR) is 85.3 cm³/mol. The quantitative estimate of drug-likeness (QED) is 0.731. The summed E-state index contributed by atoms with van der Waals surface area (Å²) in [5.41, 5.74) is 0.316. The Morgan fingerprint density at radius 2 is 2.22 bits per heavy atom. The smallest absolute Gasteiger partial charge is 0.264 e. The van der Waals surface area contributed by atoms with E-state index in [4.69, 9.17) is 0 Å². The normalized spacial score (nSPS) is 11.0. The number of nitrogens with one attached hydrogen (secondary N) is 1. The molecule has 0 bridgehead atoms. The predicted octanol–water partition coefficient (Wildman–Crippen LogP) is 0.573. The third-order valence-electron chi connectivity index (χ3n) is 3.31. The van der Waals surface area contributed by atoms with Gasteiger partial charge in [-0.25, -0.2) is 4.98 Å². The molecular formula is C13H15N7O2S. The Balaban J connectivity index is 1.67. The van der Waals surface area contributed by atoms with Gasteiger partial charge in [-0.15, -0.1) is 10.2 Å². The second-order valence-electron chi connectivity index (χ2n) is 4.90. The molecule has 0 aromatic carbocycles. The first-order chi connectivity index (χ1) is 11.1. The van der Waals surface area contributed by atoms with Crippen LogP contribution in [0.1, 0.15) is 18.4 Å². The molecule has 0 aliphatic rings. The largest absolute Gasteiger partial charge is 0.300 e. The van der Waals surface area contributed by atoms with Gasteiger partial charge in [0.2, 0.25) is 11.0 Å². The molecule has 0 saturated carbocycles. The molecule has 0 fully saturated rings. The van der Waals surface area contributed by atoms with Gasteiger partial charge in [0.05, 0.1) is 12.5 Å². The van der Waals surface area contributed by atoms with E-state index in [2.05, 4.69) is 25.6 Å². The minimum absolute atomic E-state index is 0.147. The van der Waals surface area contributed by atoms with Crippen molar-refractivity contribution in [3.8, 4) is 0 Å². The number of aromatic nitrogens is 6. The fraction of sp³-hybridized carbons (Fsp3) is 0.385. The number of hydrogen-bond acceptors (Lipinski definition) is 7. The van der Waals surface area contributed by atoms with E-state index in [9.17, 15) is 9.59 Å². The number of rotatable bonds is 5. The highest BCUT2D eigenvalue weighted by Gasteiger charge is 2.11. The fourth-order valence-electron chi connectivity index (χ4n) is 2.08. The Morgan fingerprint density at radius 3 is 2.96 bits per heavy atom. The van der Waals surface area contributed by atoms with E-state index in [1.54, 1.807) is 7.05 Å². The number of fused-ring (bicyclic) bond motifs is 1. The van der Waals surface area contributed by atoms with Crippen LogP contribution in [0.25, 0.3) is 11.0 Å². The van der Waals surface area contributed by atoms with E-state index < -0.39 is 0 Å². The Hall–Kier alpha value is -2.62. The number of anilines is 1. The lowest BCUT2D eigenvalue weighted by atomic mass is 10.3. The van der Waals surface area contributed by atoms with Gasteiger partial charge in [-0.05, 0) is 6.42 Å².